The van der Waals surface area contributed by atoms with E-state index in [4.69, 9.17) is 11.6 Å². The Kier molecular flexibility index (Phi) is 4.06. The van der Waals surface area contributed by atoms with Gasteiger partial charge in [-0.3, -0.25) is 4.79 Å². The SMILES string of the molecule is Cc1ccccc1C1(O)C(=O)N(Cc2ccccc2)c2ccc(Cl)cc21. The van der Waals surface area contributed by atoms with Crippen LogP contribution in [0.1, 0.15) is 22.3 Å². The highest BCUT2D eigenvalue weighted by Crippen LogP contribution is 2.46. The van der Waals surface area contributed by atoms with Crippen molar-refractivity contribution in [1.82, 2.24) is 0 Å². The number of carbonyl (C=O) groups is 1. The van der Waals surface area contributed by atoms with E-state index in [0.29, 0.717) is 28.4 Å². The summed E-state index contributed by atoms with van der Waals surface area (Å²) in [6, 6.07) is 22.4. The monoisotopic (exact) mass is 363 g/mol. The zero-order valence-corrected chi connectivity index (χ0v) is 15.1. The Labute approximate surface area is 157 Å². The highest BCUT2D eigenvalue weighted by atomic mass is 35.5. The summed E-state index contributed by atoms with van der Waals surface area (Å²) in [6.45, 7) is 2.28. The molecule has 4 rings (SSSR count). The summed E-state index contributed by atoms with van der Waals surface area (Å²) in [5.74, 6) is -0.354. The van der Waals surface area contributed by atoms with Crippen LogP contribution in [0.15, 0.2) is 72.8 Å². The van der Waals surface area contributed by atoms with Crippen LogP contribution < -0.4 is 4.90 Å². The van der Waals surface area contributed by atoms with E-state index in [-0.39, 0.29) is 5.91 Å². The van der Waals surface area contributed by atoms with Crippen LogP contribution in [0.2, 0.25) is 5.02 Å². The number of halogens is 1. The Morgan fingerprint density at radius 1 is 0.962 bits per heavy atom. The molecule has 3 nitrogen and oxygen atoms in total. The predicted octanol–water partition coefficient (Wildman–Crippen LogP) is 4.43. The first-order valence-electron chi connectivity index (χ1n) is 8.46. The van der Waals surface area contributed by atoms with Crippen molar-refractivity contribution >= 4 is 23.2 Å². The van der Waals surface area contributed by atoms with Gasteiger partial charge in [0.25, 0.3) is 5.91 Å². The average Bonchev–Trinajstić information content (AvgIpc) is 2.85. The highest BCUT2D eigenvalue weighted by Gasteiger charge is 2.51. The molecule has 1 N–H and O–H groups in total. The number of nitrogens with zero attached hydrogens (tertiary/aromatic N) is 1. The number of fused-ring (bicyclic) bond motifs is 1. The molecule has 3 aromatic rings. The van der Waals surface area contributed by atoms with Crippen LogP contribution in [0.5, 0.6) is 0 Å². The molecule has 130 valence electrons. The molecular weight excluding hydrogens is 346 g/mol. The van der Waals surface area contributed by atoms with E-state index in [2.05, 4.69) is 0 Å². The average molecular weight is 364 g/mol. The summed E-state index contributed by atoms with van der Waals surface area (Å²) < 4.78 is 0. The van der Waals surface area contributed by atoms with E-state index in [9.17, 15) is 9.90 Å². The third-order valence-corrected chi connectivity index (χ3v) is 5.15. The molecule has 0 fully saturated rings. The van der Waals surface area contributed by atoms with Gasteiger partial charge in [0, 0.05) is 16.1 Å². The second-order valence-corrected chi connectivity index (χ2v) is 7.00. The molecule has 1 unspecified atom stereocenters. The molecular formula is C22H18ClNO2. The van der Waals surface area contributed by atoms with Crippen molar-refractivity contribution in [3.63, 3.8) is 0 Å². The Hall–Kier alpha value is -2.62. The normalized spacial score (nSPS) is 18.9. The Balaban J connectivity index is 1.89. The molecule has 1 amide bonds. The first-order chi connectivity index (χ1) is 12.5. The van der Waals surface area contributed by atoms with Gasteiger partial charge in [0.15, 0.2) is 5.60 Å². The fourth-order valence-electron chi connectivity index (χ4n) is 3.62. The molecule has 0 aromatic heterocycles. The van der Waals surface area contributed by atoms with Crippen molar-refractivity contribution in [2.45, 2.75) is 19.1 Å². The molecule has 0 aliphatic carbocycles. The van der Waals surface area contributed by atoms with Gasteiger partial charge in [-0.25, -0.2) is 0 Å². The van der Waals surface area contributed by atoms with E-state index in [1.807, 2.05) is 55.5 Å². The summed E-state index contributed by atoms with van der Waals surface area (Å²) in [7, 11) is 0. The Bertz CT molecular complexity index is 986. The quantitative estimate of drug-likeness (QED) is 0.747. The lowest BCUT2D eigenvalue weighted by Crippen LogP contribution is -2.41. The molecule has 0 radical (unpaired) electrons. The first-order valence-corrected chi connectivity index (χ1v) is 8.84. The maximum Gasteiger partial charge on any atom is 0.268 e. The molecule has 0 bridgehead atoms. The van der Waals surface area contributed by atoms with Gasteiger partial charge >= 0.3 is 0 Å². The van der Waals surface area contributed by atoms with Crippen LogP contribution in [-0.4, -0.2) is 11.0 Å². The Morgan fingerprint density at radius 2 is 1.65 bits per heavy atom. The van der Waals surface area contributed by atoms with Crippen LogP contribution in [0, 0.1) is 6.92 Å². The molecule has 26 heavy (non-hydrogen) atoms. The number of rotatable bonds is 3. The molecule has 1 aliphatic heterocycles. The third kappa shape index (κ3) is 2.52. The minimum Gasteiger partial charge on any atom is -0.372 e. The van der Waals surface area contributed by atoms with E-state index in [1.54, 1.807) is 29.2 Å². The van der Waals surface area contributed by atoms with Gasteiger partial charge in [-0.1, -0.05) is 66.2 Å². The van der Waals surface area contributed by atoms with Crippen LogP contribution in [0.25, 0.3) is 0 Å². The number of aliphatic hydroxyl groups is 1. The fourth-order valence-corrected chi connectivity index (χ4v) is 3.79. The van der Waals surface area contributed by atoms with Crippen LogP contribution >= 0.6 is 11.6 Å². The van der Waals surface area contributed by atoms with Crippen LogP contribution in [0.4, 0.5) is 5.69 Å². The molecule has 1 atom stereocenters. The standard InChI is InChI=1S/C22H18ClNO2/c1-15-7-5-6-10-18(15)22(26)19-13-17(23)11-12-20(19)24(21(22)25)14-16-8-3-2-4-9-16/h2-13,26H,14H2,1H3. The number of hydrogen-bond acceptors (Lipinski definition) is 2. The fraction of sp³-hybridized carbons (Fsp3) is 0.136. The molecule has 3 aromatic carbocycles. The highest BCUT2D eigenvalue weighted by molar-refractivity contribution is 6.31. The molecule has 0 saturated carbocycles. The lowest BCUT2D eigenvalue weighted by Gasteiger charge is -2.25. The van der Waals surface area contributed by atoms with Crippen molar-refractivity contribution in [2.24, 2.45) is 0 Å². The number of hydrogen-bond donors (Lipinski definition) is 1. The third-order valence-electron chi connectivity index (χ3n) is 4.91. The molecule has 1 heterocycles. The zero-order chi connectivity index (χ0) is 18.3. The van der Waals surface area contributed by atoms with E-state index < -0.39 is 5.60 Å². The summed E-state index contributed by atoms with van der Waals surface area (Å²) in [4.78, 5) is 15.0. The Morgan fingerprint density at radius 3 is 2.38 bits per heavy atom. The van der Waals surface area contributed by atoms with Gasteiger partial charge in [0.1, 0.15) is 0 Å². The van der Waals surface area contributed by atoms with Crippen molar-refractivity contribution in [2.75, 3.05) is 4.90 Å². The van der Waals surface area contributed by atoms with Gasteiger partial charge in [-0.05, 0) is 36.2 Å². The number of aryl methyl sites for hydroxylation is 1. The second-order valence-electron chi connectivity index (χ2n) is 6.56. The predicted molar refractivity (Wildman–Crippen MR) is 103 cm³/mol. The molecule has 0 spiro atoms. The van der Waals surface area contributed by atoms with E-state index >= 15 is 0 Å². The second kappa shape index (κ2) is 6.27. The molecule has 0 saturated heterocycles. The first kappa shape index (κ1) is 16.8. The van der Waals surface area contributed by atoms with Gasteiger partial charge in [-0.2, -0.15) is 0 Å². The van der Waals surface area contributed by atoms with Crippen molar-refractivity contribution in [3.05, 3.63) is 100 Å². The summed E-state index contributed by atoms with van der Waals surface area (Å²) in [5.41, 5.74) is 1.92. The smallest absolute Gasteiger partial charge is 0.268 e. The lowest BCUT2D eigenvalue weighted by atomic mass is 9.85. The molecule has 1 aliphatic rings. The van der Waals surface area contributed by atoms with E-state index in [0.717, 1.165) is 11.1 Å². The van der Waals surface area contributed by atoms with E-state index in [1.165, 1.54) is 0 Å². The van der Waals surface area contributed by atoms with Crippen molar-refractivity contribution < 1.29 is 9.90 Å². The van der Waals surface area contributed by atoms with Crippen molar-refractivity contribution in [1.29, 1.82) is 0 Å². The topological polar surface area (TPSA) is 40.5 Å². The minimum absolute atomic E-state index is 0.354. The van der Waals surface area contributed by atoms with Crippen LogP contribution in [0.3, 0.4) is 0 Å². The lowest BCUT2D eigenvalue weighted by molar-refractivity contribution is -0.132. The number of carbonyl (C=O) groups excluding carboxylic acids is 1. The van der Waals surface area contributed by atoms with Gasteiger partial charge in [-0.15, -0.1) is 0 Å². The summed E-state index contributed by atoms with van der Waals surface area (Å²) >= 11 is 6.19. The van der Waals surface area contributed by atoms with Crippen molar-refractivity contribution in [3.8, 4) is 0 Å². The largest absolute Gasteiger partial charge is 0.372 e. The van der Waals surface area contributed by atoms with Gasteiger partial charge in [0.2, 0.25) is 0 Å². The minimum atomic E-state index is -1.74. The maximum absolute atomic E-state index is 13.4. The zero-order valence-electron chi connectivity index (χ0n) is 14.3. The van der Waals surface area contributed by atoms with Crippen LogP contribution in [-0.2, 0) is 16.9 Å². The summed E-state index contributed by atoms with van der Waals surface area (Å²) in [6.07, 6.45) is 0. The number of benzene rings is 3. The maximum atomic E-state index is 13.4. The van der Waals surface area contributed by atoms with Gasteiger partial charge < -0.3 is 10.0 Å². The molecule has 4 heteroatoms. The van der Waals surface area contributed by atoms with Gasteiger partial charge in [0.05, 0.1) is 12.2 Å². The number of amides is 1. The number of anilines is 1. The summed E-state index contributed by atoms with van der Waals surface area (Å²) in [5, 5.41) is 12.1.